The van der Waals surface area contributed by atoms with Gasteiger partial charge in [-0.15, -0.1) is 0 Å². The van der Waals surface area contributed by atoms with E-state index in [2.05, 4.69) is 50.3 Å². The molecule has 1 unspecified atom stereocenters. The number of rotatable bonds is 24. The standard InChI is InChI=1S/C65H82N7O15P/c1-47(2)72(48(3)4)88(84-42-18-35-66)87-57-43-60(86-58(57)46-83-65(50-20-15-13-16-21-50,51-24-30-53(78-5)31-25-51)52-26-32-54(79-6)33-27-52)71-37-34-59(73)70(61(71)74)36-17-12-10-11-14-19-49-22-28-55(29-23-49)85-56-44-68(63(76)81-8)40-38-67(62(75)80-7)39-41-69(45-56)64(77)82-9/h13,15-16,20-34,37,47-48,56-58,60H,10-12,17-18,36,38-46H2,1-9H3/t57-,58-,60-,88?/m1/s1. The first kappa shape index (κ1) is 67.6. The van der Waals surface area contributed by atoms with Gasteiger partial charge in [-0.1, -0.05) is 72.9 Å². The molecule has 0 radical (unpaired) electrons. The van der Waals surface area contributed by atoms with E-state index < -0.39 is 68.2 Å². The lowest BCUT2D eigenvalue weighted by molar-refractivity contribution is -0.0927. The van der Waals surface area contributed by atoms with Crippen molar-refractivity contribution in [3.05, 3.63) is 158 Å². The molecule has 2 saturated heterocycles. The Kier molecular flexibility index (Phi) is 25.7. The third-order valence-electron chi connectivity index (χ3n) is 15.1. The molecule has 4 aromatic carbocycles. The normalized spacial score (nSPS) is 17.0. The molecule has 2 aliphatic heterocycles. The molecule has 22 nitrogen and oxygen atoms in total. The summed E-state index contributed by atoms with van der Waals surface area (Å²) in [5.41, 5.74) is 1.07. The smallest absolute Gasteiger partial charge is 0.409 e. The number of nitriles is 1. The maximum atomic E-state index is 14.5. The van der Waals surface area contributed by atoms with Gasteiger partial charge in [0.05, 0.1) is 80.4 Å². The van der Waals surface area contributed by atoms with Crippen molar-refractivity contribution in [2.45, 2.75) is 115 Å². The van der Waals surface area contributed by atoms with E-state index in [1.54, 1.807) is 26.4 Å². The highest BCUT2D eigenvalue weighted by atomic mass is 31.2. The molecule has 2 aliphatic rings. The Bertz CT molecular complexity index is 3170. The second-order valence-corrected chi connectivity index (χ2v) is 22.9. The fourth-order valence-electron chi connectivity index (χ4n) is 10.7. The third kappa shape index (κ3) is 17.6. The number of hydrogen-bond donors (Lipinski definition) is 0. The van der Waals surface area contributed by atoms with E-state index in [9.17, 15) is 29.2 Å². The number of amides is 3. The zero-order valence-electron chi connectivity index (χ0n) is 51.7. The molecule has 7 rings (SSSR count). The minimum atomic E-state index is -1.76. The van der Waals surface area contributed by atoms with Crippen molar-refractivity contribution in [2.75, 3.05) is 88.0 Å². The van der Waals surface area contributed by atoms with E-state index in [1.807, 2.05) is 91.0 Å². The summed E-state index contributed by atoms with van der Waals surface area (Å²) in [6.07, 6.45) is -0.498. The third-order valence-corrected chi connectivity index (χ3v) is 17.3. The monoisotopic (exact) mass is 1230 g/mol. The molecule has 0 bridgehead atoms. The summed E-state index contributed by atoms with van der Waals surface area (Å²) in [5, 5.41) is 9.52. The summed E-state index contributed by atoms with van der Waals surface area (Å²) in [4.78, 5) is 70.4. The van der Waals surface area contributed by atoms with Crippen molar-refractivity contribution in [3.8, 4) is 35.2 Å². The lowest BCUT2D eigenvalue weighted by atomic mass is 9.80. The highest BCUT2D eigenvalue weighted by molar-refractivity contribution is 7.44. The van der Waals surface area contributed by atoms with Gasteiger partial charge >= 0.3 is 24.0 Å². The predicted molar refractivity (Wildman–Crippen MR) is 330 cm³/mol. The van der Waals surface area contributed by atoms with Gasteiger partial charge in [-0.25, -0.2) is 23.8 Å². The predicted octanol–water partition coefficient (Wildman–Crippen LogP) is 9.56. The summed E-state index contributed by atoms with van der Waals surface area (Å²) in [5.74, 6) is 8.25. The van der Waals surface area contributed by atoms with Crippen LogP contribution in [0.1, 0.15) is 94.7 Å². The number of methoxy groups -OCH3 is 5. The van der Waals surface area contributed by atoms with Crippen LogP contribution in [0.25, 0.3) is 0 Å². The Hall–Kier alpha value is -7.95. The molecular weight excluding hydrogens is 1150 g/mol. The lowest BCUT2D eigenvalue weighted by Crippen LogP contribution is -2.53. The molecule has 0 N–H and O–H groups in total. The van der Waals surface area contributed by atoms with Gasteiger partial charge in [0.15, 0.2) is 0 Å². The molecule has 2 fully saturated rings. The average Bonchev–Trinajstić information content (AvgIpc) is 1.44. The van der Waals surface area contributed by atoms with Crippen molar-refractivity contribution in [1.29, 1.82) is 5.26 Å². The maximum Gasteiger partial charge on any atom is 0.409 e. The van der Waals surface area contributed by atoms with Gasteiger partial charge in [0.25, 0.3) is 14.1 Å². The molecule has 23 heteroatoms. The second kappa shape index (κ2) is 33.4. The van der Waals surface area contributed by atoms with Crippen LogP contribution in [0.2, 0.25) is 0 Å². The van der Waals surface area contributed by atoms with Crippen LogP contribution < -0.4 is 25.5 Å². The van der Waals surface area contributed by atoms with Crippen LogP contribution in [0.15, 0.2) is 125 Å². The summed E-state index contributed by atoms with van der Waals surface area (Å²) in [6.45, 7) is 9.21. The van der Waals surface area contributed by atoms with Crippen molar-refractivity contribution in [1.82, 2.24) is 28.5 Å². The minimum Gasteiger partial charge on any atom is -0.497 e. The Labute approximate surface area is 516 Å². The molecule has 0 aliphatic carbocycles. The van der Waals surface area contributed by atoms with Gasteiger partial charge in [-0.2, -0.15) is 5.26 Å². The molecule has 0 saturated carbocycles. The molecule has 3 amide bonds. The Balaban J connectivity index is 1.05. The number of carbonyl (C=O) groups is 3. The Morgan fingerprint density at radius 1 is 0.682 bits per heavy atom. The van der Waals surface area contributed by atoms with Crippen molar-refractivity contribution in [2.24, 2.45) is 0 Å². The van der Waals surface area contributed by atoms with Gasteiger partial charge in [0, 0.05) is 75.5 Å². The molecule has 472 valence electrons. The van der Waals surface area contributed by atoms with Crippen LogP contribution in [0.5, 0.6) is 17.2 Å². The summed E-state index contributed by atoms with van der Waals surface area (Å²) in [6, 6.07) is 36.1. The summed E-state index contributed by atoms with van der Waals surface area (Å²) in [7, 11) is 5.27. The number of hydrogen-bond acceptors (Lipinski definition) is 17. The molecule has 4 atom stereocenters. The summed E-state index contributed by atoms with van der Waals surface area (Å²) < 4.78 is 65.0. The van der Waals surface area contributed by atoms with Gasteiger partial charge in [-0.05, 0) is 106 Å². The Morgan fingerprint density at radius 2 is 1.23 bits per heavy atom. The molecule has 5 aromatic rings. The van der Waals surface area contributed by atoms with E-state index in [-0.39, 0.29) is 84.0 Å². The van der Waals surface area contributed by atoms with Crippen LogP contribution in [0.3, 0.4) is 0 Å². The number of nitrogens with zero attached hydrogens (tertiary/aromatic N) is 7. The first-order valence-corrected chi connectivity index (χ1v) is 30.7. The fourth-order valence-corrected chi connectivity index (χ4v) is 12.5. The number of benzene rings is 4. The Morgan fingerprint density at radius 3 is 1.77 bits per heavy atom. The molecule has 0 spiro atoms. The maximum absolute atomic E-state index is 14.5. The molecule has 88 heavy (non-hydrogen) atoms. The van der Waals surface area contributed by atoms with Crippen LogP contribution in [-0.4, -0.2) is 165 Å². The highest BCUT2D eigenvalue weighted by Gasteiger charge is 2.45. The van der Waals surface area contributed by atoms with E-state index in [0.717, 1.165) is 22.3 Å². The zero-order valence-corrected chi connectivity index (χ0v) is 52.6. The number of unbranched alkanes of at least 4 members (excludes halogenated alkanes) is 3. The van der Waals surface area contributed by atoms with Crippen LogP contribution in [0, 0.1) is 23.2 Å². The van der Waals surface area contributed by atoms with Crippen LogP contribution in [-0.2, 0) is 44.9 Å². The zero-order chi connectivity index (χ0) is 63.2. The van der Waals surface area contributed by atoms with E-state index in [4.69, 9.17) is 46.9 Å². The number of ether oxygens (including phenoxy) is 8. The minimum absolute atomic E-state index is 0.00777. The van der Waals surface area contributed by atoms with E-state index >= 15 is 0 Å². The SMILES string of the molecule is COC(=O)N1CCN(C(=O)OC)CC(Oc2ccc(C#CCCCCCn3c(=O)ccn([C@H]4C[C@@H](OP(OCCC#N)N(C(C)C)C(C)C)[C@@H](COC(c5ccccc5)(c5ccc(OC)cc5)c5ccc(OC)cc5)O4)c3=O)cc2)CN(C(=O)OC)CC1. The largest absolute Gasteiger partial charge is 0.497 e. The van der Waals surface area contributed by atoms with Crippen molar-refractivity contribution < 1.29 is 61.3 Å². The topological polar surface area (TPSA) is 224 Å². The second-order valence-electron chi connectivity index (χ2n) is 21.5. The van der Waals surface area contributed by atoms with Crippen LogP contribution >= 0.6 is 8.53 Å². The molecule has 3 heterocycles. The van der Waals surface area contributed by atoms with Gasteiger partial charge in [0.2, 0.25) is 0 Å². The van der Waals surface area contributed by atoms with Crippen molar-refractivity contribution >= 4 is 26.8 Å². The van der Waals surface area contributed by atoms with E-state index in [1.165, 1.54) is 57.4 Å². The highest BCUT2D eigenvalue weighted by Crippen LogP contribution is 2.51. The average molecular weight is 1230 g/mol. The van der Waals surface area contributed by atoms with Gasteiger partial charge in [-0.3, -0.25) is 13.9 Å². The fraction of sp³-hybridized carbons (Fsp3) is 0.477. The van der Waals surface area contributed by atoms with Crippen LogP contribution in [0.4, 0.5) is 14.4 Å². The van der Waals surface area contributed by atoms with Gasteiger partial charge < -0.3 is 61.6 Å². The first-order chi connectivity index (χ1) is 42.6. The van der Waals surface area contributed by atoms with Crippen molar-refractivity contribution in [3.63, 3.8) is 0 Å². The quantitative estimate of drug-likeness (QED) is 0.0184. The molecular formula is C65H82N7O15P. The number of carbonyl (C=O) groups excluding carboxylic acids is 3. The first-order valence-electron chi connectivity index (χ1n) is 29.5. The summed E-state index contributed by atoms with van der Waals surface area (Å²) >= 11 is 0. The van der Waals surface area contributed by atoms with Gasteiger partial charge in [0.1, 0.15) is 41.3 Å². The number of aromatic nitrogens is 2. The molecule has 1 aromatic heterocycles. The van der Waals surface area contributed by atoms with E-state index in [0.29, 0.717) is 42.9 Å². The lowest BCUT2D eigenvalue weighted by Gasteiger charge is -2.39.